The van der Waals surface area contributed by atoms with Crippen molar-refractivity contribution in [1.29, 1.82) is 0 Å². The molecule has 8 heteroatoms. The lowest BCUT2D eigenvalue weighted by molar-refractivity contribution is -0.159. The summed E-state index contributed by atoms with van der Waals surface area (Å²) in [5.74, 6) is -1.38. The first kappa shape index (κ1) is 15.8. The molecule has 1 aromatic heterocycles. The van der Waals surface area contributed by atoms with Crippen LogP contribution in [-0.2, 0) is 6.18 Å². The van der Waals surface area contributed by atoms with Gasteiger partial charge in [0.25, 0.3) is 0 Å². The number of hydrogen-bond donors (Lipinski definition) is 1. The van der Waals surface area contributed by atoms with Crippen LogP contribution in [0.5, 0.6) is 0 Å². The molecule has 1 aliphatic rings. The van der Waals surface area contributed by atoms with Crippen LogP contribution in [0.1, 0.15) is 30.3 Å². The van der Waals surface area contributed by atoms with E-state index in [4.69, 9.17) is 0 Å². The van der Waals surface area contributed by atoms with Crippen LogP contribution in [0, 0.1) is 0 Å². The molecule has 1 saturated heterocycles. The van der Waals surface area contributed by atoms with Gasteiger partial charge in [-0.25, -0.2) is 0 Å². The number of rotatable bonds is 2. The van der Waals surface area contributed by atoms with Crippen molar-refractivity contribution in [1.82, 2.24) is 15.5 Å². The summed E-state index contributed by atoms with van der Waals surface area (Å²) in [6.07, 6.45) is -2.41. The van der Waals surface area contributed by atoms with E-state index >= 15 is 0 Å². The number of nitrogens with zero attached hydrogens (tertiary/aromatic N) is 2. The highest BCUT2D eigenvalue weighted by molar-refractivity contribution is 5.85. The summed E-state index contributed by atoms with van der Waals surface area (Å²) in [5.41, 5.74) is 1.62. The molecule has 0 saturated carbocycles. The lowest BCUT2D eigenvalue weighted by Crippen LogP contribution is -2.12. The van der Waals surface area contributed by atoms with E-state index in [0.717, 1.165) is 24.9 Å². The quantitative estimate of drug-likeness (QED) is 0.919. The second kappa shape index (κ2) is 6.03. The molecule has 0 amide bonds. The summed E-state index contributed by atoms with van der Waals surface area (Å²) in [6.45, 7) is 0.992. The number of halogens is 4. The Kier molecular flexibility index (Phi) is 4.53. The van der Waals surface area contributed by atoms with Crippen LogP contribution in [-0.4, -0.2) is 16.7 Å². The molecule has 2 heterocycles. The summed E-state index contributed by atoms with van der Waals surface area (Å²) in [5, 5.41) is 6.72. The van der Waals surface area contributed by atoms with E-state index in [1.165, 1.54) is 0 Å². The first-order valence-corrected chi connectivity index (χ1v) is 6.28. The number of hydrogen-bond acceptors (Lipinski definition) is 4. The standard InChI is InChI=1S/C13H12F3N3O.ClH/c14-13(15,16)12-18-11(19-20-12)9-5-3-8(4-6-9)10-2-1-7-17-10;/h3-6,10,17H,1-2,7H2;1H. The first-order chi connectivity index (χ1) is 9.54. The Balaban J connectivity index is 0.00000161. The molecule has 114 valence electrons. The molecule has 1 aliphatic heterocycles. The summed E-state index contributed by atoms with van der Waals surface area (Å²) in [6, 6.07) is 7.49. The topological polar surface area (TPSA) is 51.0 Å². The van der Waals surface area contributed by atoms with Gasteiger partial charge in [0.05, 0.1) is 0 Å². The fraction of sp³-hybridized carbons (Fsp3) is 0.385. The predicted octanol–water partition coefficient (Wildman–Crippen LogP) is 3.60. The minimum Gasteiger partial charge on any atom is -0.329 e. The molecule has 0 spiro atoms. The second-order valence-electron chi connectivity index (χ2n) is 4.69. The number of nitrogens with one attached hydrogen (secondary N) is 1. The molecule has 1 atom stereocenters. The van der Waals surface area contributed by atoms with E-state index in [2.05, 4.69) is 20.0 Å². The highest BCUT2D eigenvalue weighted by atomic mass is 35.5. The lowest BCUT2D eigenvalue weighted by atomic mass is 10.0. The van der Waals surface area contributed by atoms with Gasteiger partial charge in [0, 0.05) is 11.6 Å². The monoisotopic (exact) mass is 319 g/mol. The van der Waals surface area contributed by atoms with Crippen LogP contribution < -0.4 is 5.32 Å². The Hall–Kier alpha value is -1.60. The van der Waals surface area contributed by atoms with Gasteiger partial charge in [-0.2, -0.15) is 18.2 Å². The number of aromatic nitrogens is 2. The van der Waals surface area contributed by atoms with Crippen LogP contribution >= 0.6 is 12.4 Å². The molecular weight excluding hydrogens is 307 g/mol. The fourth-order valence-electron chi connectivity index (χ4n) is 2.29. The largest absolute Gasteiger partial charge is 0.471 e. The molecular formula is C13H13ClF3N3O. The summed E-state index contributed by atoms with van der Waals surface area (Å²) >= 11 is 0. The maximum atomic E-state index is 12.4. The lowest BCUT2D eigenvalue weighted by Gasteiger charge is -2.10. The summed E-state index contributed by atoms with van der Waals surface area (Å²) in [7, 11) is 0. The Morgan fingerprint density at radius 3 is 2.43 bits per heavy atom. The van der Waals surface area contributed by atoms with Gasteiger partial charge >= 0.3 is 12.1 Å². The Morgan fingerprint density at radius 1 is 1.19 bits per heavy atom. The van der Waals surface area contributed by atoms with Crippen molar-refractivity contribution in [2.75, 3.05) is 6.54 Å². The average molecular weight is 320 g/mol. The van der Waals surface area contributed by atoms with Crippen LogP contribution in [0.3, 0.4) is 0 Å². The van der Waals surface area contributed by atoms with Gasteiger partial charge in [0.2, 0.25) is 5.82 Å². The summed E-state index contributed by atoms with van der Waals surface area (Å²) in [4.78, 5) is 3.36. The van der Waals surface area contributed by atoms with Crippen molar-refractivity contribution in [3.05, 3.63) is 35.7 Å². The second-order valence-corrected chi connectivity index (χ2v) is 4.69. The third kappa shape index (κ3) is 3.36. The molecule has 21 heavy (non-hydrogen) atoms. The van der Waals surface area contributed by atoms with Crippen LogP contribution in [0.25, 0.3) is 11.4 Å². The number of benzene rings is 1. The molecule has 2 aromatic rings. The van der Waals surface area contributed by atoms with Gasteiger partial charge < -0.3 is 9.84 Å². The molecule has 1 aromatic carbocycles. The smallest absolute Gasteiger partial charge is 0.329 e. The van der Waals surface area contributed by atoms with E-state index < -0.39 is 12.1 Å². The van der Waals surface area contributed by atoms with Crippen molar-refractivity contribution in [2.45, 2.75) is 25.1 Å². The van der Waals surface area contributed by atoms with E-state index in [0.29, 0.717) is 11.6 Å². The van der Waals surface area contributed by atoms with Crippen molar-refractivity contribution in [2.24, 2.45) is 0 Å². The third-order valence-corrected chi connectivity index (χ3v) is 3.30. The normalized spacial score (nSPS) is 18.5. The van der Waals surface area contributed by atoms with Gasteiger partial charge in [0.15, 0.2) is 0 Å². The van der Waals surface area contributed by atoms with Crippen molar-refractivity contribution in [3.8, 4) is 11.4 Å². The highest BCUT2D eigenvalue weighted by Crippen LogP contribution is 2.30. The Morgan fingerprint density at radius 2 is 1.90 bits per heavy atom. The molecule has 1 unspecified atom stereocenters. The van der Waals surface area contributed by atoms with Gasteiger partial charge in [-0.15, -0.1) is 12.4 Å². The zero-order valence-electron chi connectivity index (χ0n) is 10.9. The minimum atomic E-state index is -4.61. The molecule has 0 aliphatic carbocycles. The zero-order valence-corrected chi connectivity index (χ0v) is 11.7. The maximum absolute atomic E-state index is 12.4. The van der Waals surface area contributed by atoms with Gasteiger partial charge in [-0.3, -0.25) is 0 Å². The average Bonchev–Trinajstić information content (AvgIpc) is 3.10. The molecule has 4 nitrogen and oxygen atoms in total. The molecule has 1 N–H and O–H groups in total. The Bertz CT molecular complexity index is 591. The van der Waals surface area contributed by atoms with Crippen molar-refractivity contribution < 1.29 is 17.7 Å². The SMILES string of the molecule is Cl.FC(F)(F)c1nc(-c2ccc(C3CCCN3)cc2)no1. The molecule has 1 fully saturated rings. The molecule has 0 radical (unpaired) electrons. The van der Waals surface area contributed by atoms with Gasteiger partial charge in [-0.05, 0) is 24.9 Å². The van der Waals surface area contributed by atoms with Crippen molar-refractivity contribution >= 4 is 12.4 Å². The van der Waals surface area contributed by atoms with Gasteiger partial charge in [0.1, 0.15) is 0 Å². The zero-order chi connectivity index (χ0) is 14.2. The molecule has 3 rings (SSSR count). The number of alkyl halides is 3. The van der Waals surface area contributed by atoms with E-state index in [1.807, 2.05) is 12.1 Å². The summed E-state index contributed by atoms with van der Waals surface area (Å²) < 4.78 is 41.4. The predicted molar refractivity (Wildman–Crippen MR) is 72.0 cm³/mol. The molecule has 0 bridgehead atoms. The van der Waals surface area contributed by atoms with Crippen LogP contribution in [0.4, 0.5) is 13.2 Å². The minimum absolute atomic E-state index is 0. The van der Waals surface area contributed by atoms with E-state index in [1.54, 1.807) is 12.1 Å². The van der Waals surface area contributed by atoms with Crippen molar-refractivity contribution in [3.63, 3.8) is 0 Å². The highest BCUT2D eigenvalue weighted by Gasteiger charge is 2.38. The van der Waals surface area contributed by atoms with Crippen LogP contribution in [0.15, 0.2) is 28.8 Å². The van der Waals surface area contributed by atoms with E-state index in [-0.39, 0.29) is 18.2 Å². The van der Waals surface area contributed by atoms with Crippen LogP contribution in [0.2, 0.25) is 0 Å². The van der Waals surface area contributed by atoms with E-state index in [9.17, 15) is 13.2 Å². The fourth-order valence-corrected chi connectivity index (χ4v) is 2.29. The maximum Gasteiger partial charge on any atom is 0.471 e. The Labute approximate surface area is 125 Å². The first-order valence-electron chi connectivity index (χ1n) is 6.28. The third-order valence-electron chi connectivity index (χ3n) is 3.30. The van der Waals surface area contributed by atoms with Gasteiger partial charge in [-0.1, -0.05) is 29.4 Å².